The molecule has 0 unspecified atom stereocenters. The maximum Gasteiger partial charge on any atom is 0.230 e. The van der Waals surface area contributed by atoms with E-state index in [0.29, 0.717) is 17.5 Å². The third kappa shape index (κ3) is 4.01. The van der Waals surface area contributed by atoms with E-state index in [1.807, 2.05) is 60.4 Å². The predicted octanol–water partition coefficient (Wildman–Crippen LogP) is 2.11. The first-order chi connectivity index (χ1) is 11.2. The standard InChI is InChI=1S/C16H17N5OS/c1-13-4-6-14(7-5-13)10-17-15(22)11-23-16-19-18-12-21(16)20-8-2-3-9-20/h2-9,12H,10-11H2,1H3,(H,17,22). The molecule has 0 aliphatic rings. The molecule has 0 saturated heterocycles. The number of rotatable bonds is 6. The van der Waals surface area contributed by atoms with Gasteiger partial charge in [0.15, 0.2) is 0 Å². The highest BCUT2D eigenvalue weighted by Gasteiger charge is 2.09. The topological polar surface area (TPSA) is 64.7 Å². The second kappa shape index (κ2) is 7.15. The molecule has 23 heavy (non-hydrogen) atoms. The monoisotopic (exact) mass is 327 g/mol. The van der Waals surface area contributed by atoms with Crippen LogP contribution in [0.3, 0.4) is 0 Å². The number of carbonyl (C=O) groups is 1. The number of nitrogens with zero attached hydrogens (tertiary/aromatic N) is 4. The third-order valence-corrected chi connectivity index (χ3v) is 4.21. The van der Waals surface area contributed by atoms with E-state index in [1.54, 1.807) is 11.0 Å². The van der Waals surface area contributed by atoms with E-state index in [1.165, 1.54) is 17.3 Å². The van der Waals surface area contributed by atoms with Gasteiger partial charge in [-0.25, -0.2) is 4.68 Å². The zero-order valence-electron chi connectivity index (χ0n) is 12.7. The maximum atomic E-state index is 12.0. The molecule has 3 rings (SSSR count). The van der Waals surface area contributed by atoms with Gasteiger partial charge in [0.05, 0.1) is 5.75 Å². The summed E-state index contributed by atoms with van der Waals surface area (Å²) in [6, 6.07) is 12.0. The fourth-order valence-electron chi connectivity index (χ4n) is 2.03. The van der Waals surface area contributed by atoms with Crippen molar-refractivity contribution in [1.29, 1.82) is 0 Å². The molecule has 2 heterocycles. The number of thioether (sulfide) groups is 1. The SMILES string of the molecule is Cc1ccc(CNC(=O)CSc2nncn2-n2cccc2)cc1. The summed E-state index contributed by atoms with van der Waals surface area (Å²) in [5, 5.41) is 11.5. The molecule has 0 bridgehead atoms. The highest BCUT2D eigenvalue weighted by atomic mass is 32.2. The summed E-state index contributed by atoms with van der Waals surface area (Å²) < 4.78 is 3.64. The van der Waals surface area contributed by atoms with Crippen molar-refractivity contribution >= 4 is 17.7 Å². The Morgan fingerprint density at radius 2 is 1.96 bits per heavy atom. The van der Waals surface area contributed by atoms with Crippen LogP contribution in [0.1, 0.15) is 11.1 Å². The molecule has 0 saturated carbocycles. The molecule has 1 aromatic carbocycles. The second-order valence-electron chi connectivity index (χ2n) is 5.07. The van der Waals surface area contributed by atoms with Crippen LogP contribution in [0, 0.1) is 6.92 Å². The number of aryl methyl sites for hydroxylation is 1. The highest BCUT2D eigenvalue weighted by molar-refractivity contribution is 7.99. The van der Waals surface area contributed by atoms with Crippen LogP contribution in [-0.2, 0) is 11.3 Å². The maximum absolute atomic E-state index is 12.0. The van der Waals surface area contributed by atoms with Crippen LogP contribution in [0.15, 0.2) is 60.3 Å². The molecule has 6 nitrogen and oxygen atoms in total. The van der Waals surface area contributed by atoms with Crippen LogP contribution >= 0.6 is 11.8 Å². The van der Waals surface area contributed by atoms with Gasteiger partial charge in [0.1, 0.15) is 6.33 Å². The summed E-state index contributed by atoms with van der Waals surface area (Å²) in [6.07, 6.45) is 5.41. The Morgan fingerprint density at radius 1 is 1.22 bits per heavy atom. The molecule has 0 atom stereocenters. The number of carbonyl (C=O) groups excluding carboxylic acids is 1. The quantitative estimate of drug-likeness (QED) is 0.704. The normalized spacial score (nSPS) is 10.7. The summed E-state index contributed by atoms with van der Waals surface area (Å²) in [5.41, 5.74) is 2.30. The minimum atomic E-state index is -0.0300. The summed E-state index contributed by atoms with van der Waals surface area (Å²) in [7, 11) is 0. The Hall–Kier alpha value is -2.54. The van der Waals surface area contributed by atoms with Gasteiger partial charge >= 0.3 is 0 Å². The molecule has 0 fully saturated rings. The van der Waals surface area contributed by atoms with Gasteiger partial charge in [-0.1, -0.05) is 41.6 Å². The van der Waals surface area contributed by atoms with Crippen molar-refractivity contribution in [1.82, 2.24) is 24.9 Å². The van der Waals surface area contributed by atoms with E-state index in [0.717, 1.165) is 5.56 Å². The molecule has 0 spiro atoms. The number of hydrogen-bond donors (Lipinski definition) is 1. The Labute approximate surface area is 138 Å². The minimum absolute atomic E-state index is 0.0300. The van der Waals surface area contributed by atoms with Crippen LogP contribution < -0.4 is 5.32 Å². The molecule has 118 valence electrons. The first-order valence-corrected chi connectivity index (χ1v) is 8.19. The second-order valence-corrected chi connectivity index (χ2v) is 6.01. The van der Waals surface area contributed by atoms with Gasteiger partial charge in [-0.3, -0.25) is 9.47 Å². The molecule has 0 aliphatic heterocycles. The lowest BCUT2D eigenvalue weighted by Gasteiger charge is -2.07. The summed E-state index contributed by atoms with van der Waals surface area (Å²) >= 11 is 1.35. The van der Waals surface area contributed by atoms with Crippen LogP contribution in [0.25, 0.3) is 0 Å². The predicted molar refractivity (Wildman–Crippen MR) is 89.0 cm³/mol. The van der Waals surface area contributed by atoms with Gasteiger partial charge in [0.2, 0.25) is 11.1 Å². The smallest absolute Gasteiger partial charge is 0.230 e. The van der Waals surface area contributed by atoms with Gasteiger partial charge in [-0.2, -0.15) is 0 Å². The third-order valence-electron chi connectivity index (χ3n) is 3.28. The van der Waals surface area contributed by atoms with E-state index in [-0.39, 0.29) is 5.91 Å². The van der Waals surface area contributed by atoms with Gasteiger partial charge in [0.25, 0.3) is 0 Å². The Balaban J connectivity index is 1.52. The molecule has 7 heteroatoms. The van der Waals surface area contributed by atoms with Crippen LogP contribution in [0.5, 0.6) is 0 Å². The molecule has 1 amide bonds. The Kier molecular flexibility index (Phi) is 4.77. The highest BCUT2D eigenvalue weighted by Crippen LogP contribution is 2.14. The molecular weight excluding hydrogens is 310 g/mol. The van der Waals surface area contributed by atoms with E-state index < -0.39 is 0 Å². The summed E-state index contributed by atoms with van der Waals surface area (Å²) in [4.78, 5) is 12.0. The molecule has 3 aromatic rings. The van der Waals surface area contributed by atoms with Gasteiger partial charge in [-0.15, -0.1) is 10.2 Å². The molecule has 2 aromatic heterocycles. The first kappa shape index (κ1) is 15.4. The van der Waals surface area contributed by atoms with Crippen molar-refractivity contribution in [2.75, 3.05) is 5.75 Å². The van der Waals surface area contributed by atoms with Gasteiger partial charge in [-0.05, 0) is 24.6 Å². The van der Waals surface area contributed by atoms with Crippen molar-refractivity contribution in [2.24, 2.45) is 0 Å². The molecular formula is C16H17N5OS. The van der Waals surface area contributed by atoms with Gasteiger partial charge < -0.3 is 5.32 Å². The summed E-state index contributed by atoms with van der Waals surface area (Å²) in [6.45, 7) is 2.57. The number of benzene rings is 1. The molecule has 1 N–H and O–H groups in total. The lowest BCUT2D eigenvalue weighted by atomic mass is 10.1. The van der Waals surface area contributed by atoms with Crippen molar-refractivity contribution in [3.63, 3.8) is 0 Å². The van der Waals surface area contributed by atoms with E-state index in [2.05, 4.69) is 15.5 Å². The average Bonchev–Trinajstić information content (AvgIpc) is 3.23. The van der Waals surface area contributed by atoms with Crippen molar-refractivity contribution in [2.45, 2.75) is 18.6 Å². The molecule has 0 aliphatic carbocycles. The Morgan fingerprint density at radius 3 is 2.70 bits per heavy atom. The number of nitrogens with one attached hydrogen (secondary N) is 1. The fraction of sp³-hybridized carbons (Fsp3) is 0.188. The van der Waals surface area contributed by atoms with Crippen LogP contribution in [0.4, 0.5) is 0 Å². The van der Waals surface area contributed by atoms with Gasteiger partial charge in [0, 0.05) is 18.9 Å². The van der Waals surface area contributed by atoms with Crippen LogP contribution in [-0.4, -0.2) is 31.2 Å². The number of hydrogen-bond acceptors (Lipinski definition) is 4. The largest absolute Gasteiger partial charge is 0.351 e. The van der Waals surface area contributed by atoms with E-state index in [4.69, 9.17) is 0 Å². The van der Waals surface area contributed by atoms with Crippen molar-refractivity contribution < 1.29 is 4.79 Å². The zero-order chi connectivity index (χ0) is 16.1. The lowest BCUT2D eigenvalue weighted by Crippen LogP contribution is -2.24. The average molecular weight is 327 g/mol. The van der Waals surface area contributed by atoms with E-state index in [9.17, 15) is 4.79 Å². The minimum Gasteiger partial charge on any atom is -0.351 e. The number of aromatic nitrogens is 4. The van der Waals surface area contributed by atoms with Crippen molar-refractivity contribution in [3.8, 4) is 0 Å². The van der Waals surface area contributed by atoms with Crippen LogP contribution in [0.2, 0.25) is 0 Å². The Bertz CT molecular complexity index is 764. The first-order valence-electron chi connectivity index (χ1n) is 7.21. The molecule has 0 radical (unpaired) electrons. The van der Waals surface area contributed by atoms with E-state index >= 15 is 0 Å². The number of amides is 1. The zero-order valence-corrected chi connectivity index (χ0v) is 13.5. The summed E-state index contributed by atoms with van der Waals surface area (Å²) in [5.74, 6) is 0.267. The van der Waals surface area contributed by atoms with Crippen molar-refractivity contribution in [3.05, 3.63) is 66.2 Å². The lowest BCUT2D eigenvalue weighted by molar-refractivity contribution is -0.118. The fourth-order valence-corrected chi connectivity index (χ4v) is 2.77.